The van der Waals surface area contributed by atoms with Gasteiger partial charge >= 0.3 is 6.03 Å². The molecular weight excluding hydrogens is 262 g/mol. The molecule has 0 bridgehead atoms. The lowest BCUT2D eigenvalue weighted by molar-refractivity contribution is 0.0634. The minimum atomic E-state index is 0.0330. The fourth-order valence-electron chi connectivity index (χ4n) is 3.65. The molecule has 2 N–H and O–H groups in total. The van der Waals surface area contributed by atoms with Crippen molar-refractivity contribution in [3.63, 3.8) is 0 Å². The second-order valence-electron chi connectivity index (χ2n) is 6.41. The number of amides is 2. The fourth-order valence-corrected chi connectivity index (χ4v) is 3.65. The van der Waals surface area contributed by atoms with Gasteiger partial charge in [-0.15, -0.1) is 0 Å². The number of benzene rings is 1. The number of hydrogen-bond acceptors (Lipinski definition) is 2. The Morgan fingerprint density at radius 2 is 1.90 bits per heavy atom. The number of rotatable bonds is 1. The minimum Gasteiger partial charge on any atom is -0.316 e. The Bertz CT molecular complexity index is 483. The number of urea groups is 1. The van der Waals surface area contributed by atoms with Crippen molar-refractivity contribution in [2.24, 2.45) is 0 Å². The third kappa shape index (κ3) is 3.05. The van der Waals surface area contributed by atoms with Crippen molar-refractivity contribution in [2.45, 2.75) is 44.6 Å². The van der Waals surface area contributed by atoms with E-state index >= 15 is 0 Å². The topological polar surface area (TPSA) is 44.4 Å². The molecule has 3 rings (SSSR count). The van der Waals surface area contributed by atoms with Gasteiger partial charge in [0.1, 0.15) is 0 Å². The van der Waals surface area contributed by atoms with Crippen LogP contribution in [-0.4, -0.2) is 36.1 Å². The van der Waals surface area contributed by atoms with Gasteiger partial charge in [0, 0.05) is 25.3 Å². The monoisotopic (exact) mass is 287 g/mol. The molecule has 1 saturated heterocycles. The molecule has 0 radical (unpaired) electrons. The molecule has 1 aromatic carbocycles. The highest BCUT2D eigenvalue weighted by Gasteiger charge is 2.42. The fraction of sp³-hybridized carbons (Fsp3) is 0.588. The number of carbonyl (C=O) groups is 1. The number of carbonyl (C=O) groups excluding carboxylic acids is 1. The highest BCUT2D eigenvalue weighted by molar-refractivity contribution is 5.90. The SMILES string of the molecule is Cc1ccc(NC(=O)N2CCNCC23CCCCC3)cc1. The van der Waals surface area contributed by atoms with Gasteiger partial charge in [0.25, 0.3) is 0 Å². The Morgan fingerprint density at radius 3 is 2.62 bits per heavy atom. The van der Waals surface area contributed by atoms with Gasteiger partial charge in [0.2, 0.25) is 0 Å². The maximum Gasteiger partial charge on any atom is 0.322 e. The summed E-state index contributed by atoms with van der Waals surface area (Å²) in [5, 5.41) is 6.55. The van der Waals surface area contributed by atoms with Crippen LogP contribution in [-0.2, 0) is 0 Å². The van der Waals surface area contributed by atoms with Crippen LogP contribution in [0.1, 0.15) is 37.7 Å². The predicted octanol–water partition coefficient (Wildman–Crippen LogP) is 3.14. The highest BCUT2D eigenvalue weighted by atomic mass is 16.2. The Morgan fingerprint density at radius 1 is 1.19 bits per heavy atom. The first-order chi connectivity index (χ1) is 10.2. The lowest BCUT2D eigenvalue weighted by atomic mass is 9.79. The summed E-state index contributed by atoms with van der Waals surface area (Å²) in [6.07, 6.45) is 6.02. The predicted molar refractivity (Wildman–Crippen MR) is 85.6 cm³/mol. The van der Waals surface area contributed by atoms with Crippen LogP contribution in [0.5, 0.6) is 0 Å². The average molecular weight is 287 g/mol. The van der Waals surface area contributed by atoms with Crippen molar-refractivity contribution < 1.29 is 4.79 Å². The summed E-state index contributed by atoms with van der Waals surface area (Å²) in [5.41, 5.74) is 2.12. The summed E-state index contributed by atoms with van der Waals surface area (Å²) >= 11 is 0. The van der Waals surface area contributed by atoms with Crippen LogP contribution in [0, 0.1) is 6.92 Å². The molecular formula is C17H25N3O. The number of aryl methyl sites for hydroxylation is 1. The normalized spacial score (nSPS) is 21.3. The second-order valence-corrected chi connectivity index (χ2v) is 6.41. The highest BCUT2D eigenvalue weighted by Crippen LogP contribution is 2.35. The van der Waals surface area contributed by atoms with Crippen LogP contribution < -0.4 is 10.6 Å². The van der Waals surface area contributed by atoms with E-state index in [1.54, 1.807) is 0 Å². The van der Waals surface area contributed by atoms with Gasteiger partial charge < -0.3 is 15.5 Å². The van der Waals surface area contributed by atoms with E-state index in [0.717, 1.165) is 38.2 Å². The molecule has 4 heteroatoms. The molecule has 1 saturated carbocycles. The van der Waals surface area contributed by atoms with E-state index in [2.05, 4.69) is 22.5 Å². The summed E-state index contributed by atoms with van der Waals surface area (Å²) in [4.78, 5) is 14.8. The van der Waals surface area contributed by atoms with Crippen LogP contribution >= 0.6 is 0 Å². The molecule has 0 atom stereocenters. The van der Waals surface area contributed by atoms with E-state index in [0.29, 0.717) is 0 Å². The van der Waals surface area contributed by atoms with Crippen molar-refractivity contribution in [1.82, 2.24) is 10.2 Å². The van der Waals surface area contributed by atoms with Gasteiger partial charge in [-0.05, 0) is 31.9 Å². The molecule has 1 aliphatic carbocycles. The van der Waals surface area contributed by atoms with Crippen LogP contribution in [0.25, 0.3) is 0 Å². The molecule has 2 fully saturated rings. The van der Waals surface area contributed by atoms with Gasteiger partial charge in [-0.2, -0.15) is 0 Å². The van der Waals surface area contributed by atoms with Crippen LogP contribution in [0.2, 0.25) is 0 Å². The van der Waals surface area contributed by atoms with Crippen LogP contribution in [0.15, 0.2) is 24.3 Å². The molecule has 1 spiro atoms. The Balaban J connectivity index is 1.73. The van der Waals surface area contributed by atoms with Gasteiger partial charge in [-0.3, -0.25) is 0 Å². The van der Waals surface area contributed by atoms with E-state index in [1.807, 2.05) is 24.3 Å². The van der Waals surface area contributed by atoms with Crippen molar-refractivity contribution in [3.8, 4) is 0 Å². The standard InChI is InChI=1S/C17H25N3O/c1-14-5-7-15(8-6-14)19-16(21)20-12-11-18-13-17(20)9-3-2-4-10-17/h5-8,18H,2-4,9-13H2,1H3,(H,19,21). The number of anilines is 1. The summed E-state index contributed by atoms with van der Waals surface area (Å²) < 4.78 is 0. The van der Waals surface area contributed by atoms with Crippen molar-refractivity contribution >= 4 is 11.7 Å². The number of hydrogen-bond donors (Lipinski definition) is 2. The zero-order chi connectivity index (χ0) is 14.7. The molecule has 1 heterocycles. The van der Waals surface area contributed by atoms with Crippen molar-refractivity contribution in [2.75, 3.05) is 25.0 Å². The molecule has 114 valence electrons. The largest absolute Gasteiger partial charge is 0.322 e. The van der Waals surface area contributed by atoms with E-state index in [1.165, 1.54) is 24.8 Å². The maximum atomic E-state index is 12.7. The van der Waals surface area contributed by atoms with Gasteiger partial charge in [0.15, 0.2) is 0 Å². The van der Waals surface area contributed by atoms with Crippen molar-refractivity contribution in [3.05, 3.63) is 29.8 Å². The minimum absolute atomic E-state index is 0.0330. The van der Waals surface area contributed by atoms with Crippen LogP contribution in [0.4, 0.5) is 10.5 Å². The zero-order valence-electron chi connectivity index (χ0n) is 12.8. The number of piperazine rings is 1. The number of nitrogens with one attached hydrogen (secondary N) is 2. The summed E-state index contributed by atoms with van der Waals surface area (Å²) in [7, 11) is 0. The molecule has 0 aromatic heterocycles. The third-order valence-corrected chi connectivity index (χ3v) is 4.87. The Kier molecular flexibility index (Phi) is 4.15. The van der Waals surface area contributed by atoms with E-state index in [-0.39, 0.29) is 11.6 Å². The van der Waals surface area contributed by atoms with Gasteiger partial charge in [-0.1, -0.05) is 37.0 Å². The number of nitrogens with zero attached hydrogens (tertiary/aromatic N) is 1. The molecule has 2 amide bonds. The second kappa shape index (κ2) is 6.06. The summed E-state index contributed by atoms with van der Waals surface area (Å²) in [6, 6.07) is 8.07. The summed E-state index contributed by atoms with van der Waals surface area (Å²) in [5.74, 6) is 0. The molecule has 1 aromatic rings. The first-order valence-corrected chi connectivity index (χ1v) is 8.06. The molecule has 1 aliphatic heterocycles. The third-order valence-electron chi connectivity index (χ3n) is 4.87. The first kappa shape index (κ1) is 14.4. The zero-order valence-corrected chi connectivity index (χ0v) is 12.8. The molecule has 4 nitrogen and oxygen atoms in total. The van der Waals surface area contributed by atoms with Gasteiger partial charge in [0.05, 0.1) is 5.54 Å². The smallest absolute Gasteiger partial charge is 0.316 e. The van der Waals surface area contributed by atoms with Crippen LogP contribution in [0.3, 0.4) is 0 Å². The lowest BCUT2D eigenvalue weighted by Crippen LogP contribution is -2.64. The molecule has 21 heavy (non-hydrogen) atoms. The Hall–Kier alpha value is -1.55. The summed E-state index contributed by atoms with van der Waals surface area (Å²) in [6.45, 7) is 4.69. The maximum absolute atomic E-state index is 12.7. The van der Waals surface area contributed by atoms with Gasteiger partial charge in [-0.25, -0.2) is 4.79 Å². The lowest BCUT2D eigenvalue weighted by Gasteiger charge is -2.49. The average Bonchev–Trinajstić information content (AvgIpc) is 2.51. The van der Waals surface area contributed by atoms with E-state index in [4.69, 9.17) is 0 Å². The Labute approximate surface area is 126 Å². The van der Waals surface area contributed by atoms with E-state index < -0.39 is 0 Å². The molecule has 2 aliphatic rings. The molecule has 0 unspecified atom stereocenters. The first-order valence-electron chi connectivity index (χ1n) is 8.06. The quantitative estimate of drug-likeness (QED) is 0.833. The van der Waals surface area contributed by atoms with E-state index in [9.17, 15) is 4.79 Å². The van der Waals surface area contributed by atoms with Crippen molar-refractivity contribution in [1.29, 1.82) is 0 Å².